The lowest BCUT2D eigenvalue weighted by Crippen LogP contribution is -2.31. The molecule has 0 spiro atoms. The van der Waals surface area contributed by atoms with Crippen LogP contribution < -0.4 is 10.9 Å². The Balaban J connectivity index is 1.81. The van der Waals surface area contributed by atoms with Crippen LogP contribution in [0.3, 0.4) is 0 Å². The number of rotatable bonds is 2. The van der Waals surface area contributed by atoms with Crippen molar-refractivity contribution in [1.29, 1.82) is 0 Å². The summed E-state index contributed by atoms with van der Waals surface area (Å²) in [6.07, 6.45) is -3.48. The van der Waals surface area contributed by atoms with Crippen LogP contribution in [0.2, 0.25) is 0 Å². The third kappa shape index (κ3) is 3.31. The first-order chi connectivity index (χ1) is 10.8. The van der Waals surface area contributed by atoms with Gasteiger partial charge >= 0.3 is 6.18 Å². The Labute approximate surface area is 128 Å². The average molecular weight is 330 g/mol. The number of alkyl halides is 3. The molecule has 3 rings (SSSR count). The van der Waals surface area contributed by atoms with Crippen LogP contribution in [0.5, 0.6) is 0 Å². The van der Waals surface area contributed by atoms with E-state index < -0.39 is 17.6 Å². The molecule has 4 nitrogen and oxygen atoms in total. The van der Waals surface area contributed by atoms with Gasteiger partial charge in [0.2, 0.25) is 0 Å². The van der Waals surface area contributed by atoms with E-state index in [4.69, 9.17) is 4.52 Å². The largest absolute Gasteiger partial charge is 0.419 e. The van der Waals surface area contributed by atoms with Gasteiger partial charge in [-0.3, -0.25) is 4.79 Å². The van der Waals surface area contributed by atoms with Gasteiger partial charge < -0.3 is 9.84 Å². The summed E-state index contributed by atoms with van der Waals surface area (Å²) >= 11 is 0. The molecule has 2 heterocycles. The number of piperidine rings is 1. The van der Waals surface area contributed by atoms with Crippen molar-refractivity contribution in [1.82, 2.24) is 10.5 Å². The first-order valence-electron chi connectivity index (χ1n) is 7.13. The highest BCUT2D eigenvalue weighted by Gasteiger charge is 2.35. The Hall–Kier alpha value is -2.09. The van der Waals surface area contributed by atoms with Crippen molar-refractivity contribution in [3.8, 4) is 0 Å². The van der Waals surface area contributed by atoms with E-state index in [1.165, 1.54) is 12.1 Å². The van der Waals surface area contributed by atoms with Crippen LogP contribution in [-0.4, -0.2) is 11.7 Å². The second-order valence-corrected chi connectivity index (χ2v) is 5.58. The number of hydrogen-bond acceptors (Lipinski definition) is 3. The van der Waals surface area contributed by atoms with Gasteiger partial charge in [-0.2, -0.15) is 18.3 Å². The van der Waals surface area contributed by atoms with Crippen molar-refractivity contribution in [2.24, 2.45) is 0 Å². The standard InChI is InChI=1S/C15H14F4N2O2/c16-11-5-8(1-2-10(11)15(17,18)19)12-6-9(3-4-20-12)13-7-14(22)21-23-13/h1-2,5,7,9,12,20H,3-4,6H2,(H,21,22). The number of aromatic nitrogens is 1. The van der Waals surface area contributed by atoms with Gasteiger partial charge in [0.1, 0.15) is 11.6 Å². The molecule has 2 atom stereocenters. The van der Waals surface area contributed by atoms with Crippen molar-refractivity contribution in [2.45, 2.75) is 31.0 Å². The van der Waals surface area contributed by atoms with Crippen LogP contribution in [0.4, 0.5) is 17.6 Å². The van der Waals surface area contributed by atoms with Gasteiger partial charge in [0.05, 0.1) is 5.56 Å². The molecule has 1 aliphatic rings. The molecule has 23 heavy (non-hydrogen) atoms. The Morgan fingerprint density at radius 3 is 2.61 bits per heavy atom. The van der Waals surface area contributed by atoms with Crippen LogP contribution in [0.25, 0.3) is 0 Å². The number of halogens is 4. The maximum atomic E-state index is 13.7. The first-order valence-corrected chi connectivity index (χ1v) is 7.13. The number of aromatic amines is 1. The van der Waals surface area contributed by atoms with Crippen LogP contribution in [0.15, 0.2) is 33.6 Å². The topological polar surface area (TPSA) is 58.0 Å². The molecule has 0 amide bonds. The Bertz CT molecular complexity index is 750. The van der Waals surface area contributed by atoms with E-state index in [-0.39, 0.29) is 17.5 Å². The third-order valence-electron chi connectivity index (χ3n) is 4.05. The average Bonchev–Trinajstić information content (AvgIpc) is 2.92. The van der Waals surface area contributed by atoms with Gasteiger partial charge in [-0.1, -0.05) is 6.07 Å². The van der Waals surface area contributed by atoms with Crippen molar-refractivity contribution in [3.05, 3.63) is 57.3 Å². The van der Waals surface area contributed by atoms with E-state index in [1.807, 2.05) is 0 Å². The monoisotopic (exact) mass is 330 g/mol. The van der Waals surface area contributed by atoms with E-state index in [0.717, 1.165) is 18.6 Å². The molecule has 0 aliphatic carbocycles. The minimum absolute atomic E-state index is 0.0504. The molecule has 1 aromatic carbocycles. The zero-order chi connectivity index (χ0) is 16.6. The maximum Gasteiger partial charge on any atom is 0.419 e. The van der Waals surface area contributed by atoms with Gasteiger partial charge in [-0.05, 0) is 37.1 Å². The lowest BCUT2D eigenvalue weighted by molar-refractivity contribution is -0.140. The number of hydrogen-bond donors (Lipinski definition) is 2. The molecule has 0 saturated carbocycles. The van der Waals surface area contributed by atoms with Gasteiger partial charge in [-0.25, -0.2) is 4.39 Å². The van der Waals surface area contributed by atoms with E-state index in [0.29, 0.717) is 24.3 Å². The highest BCUT2D eigenvalue weighted by molar-refractivity contribution is 5.29. The predicted molar refractivity (Wildman–Crippen MR) is 73.4 cm³/mol. The molecule has 1 aromatic heterocycles. The van der Waals surface area contributed by atoms with Crippen molar-refractivity contribution >= 4 is 0 Å². The SMILES string of the molecule is O=c1cc(C2CCNC(c3ccc(C(F)(F)F)c(F)c3)C2)o[nH]1. The Morgan fingerprint density at radius 2 is 2.00 bits per heavy atom. The van der Waals surface area contributed by atoms with Crippen LogP contribution in [-0.2, 0) is 6.18 Å². The van der Waals surface area contributed by atoms with E-state index >= 15 is 0 Å². The molecule has 0 bridgehead atoms. The van der Waals surface area contributed by atoms with Crippen LogP contribution >= 0.6 is 0 Å². The van der Waals surface area contributed by atoms with Crippen LogP contribution in [0, 0.1) is 5.82 Å². The molecule has 2 N–H and O–H groups in total. The third-order valence-corrected chi connectivity index (χ3v) is 4.05. The molecule has 1 aliphatic heterocycles. The zero-order valence-corrected chi connectivity index (χ0v) is 11.9. The number of benzene rings is 1. The zero-order valence-electron chi connectivity index (χ0n) is 11.9. The lowest BCUT2D eigenvalue weighted by Gasteiger charge is -2.29. The second-order valence-electron chi connectivity index (χ2n) is 5.58. The summed E-state index contributed by atoms with van der Waals surface area (Å²) in [6.45, 7) is 0.590. The molecule has 1 saturated heterocycles. The fourth-order valence-corrected chi connectivity index (χ4v) is 2.91. The van der Waals surface area contributed by atoms with Crippen LogP contribution in [0.1, 0.15) is 41.7 Å². The summed E-state index contributed by atoms with van der Waals surface area (Å²) in [7, 11) is 0. The summed E-state index contributed by atoms with van der Waals surface area (Å²) in [5.41, 5.74) is -1.17. The second kappa shape index (κ2) is 5.84. The normalized spacial score (nSPS) is 22.3. The highest BCUT2D eigenvalue weighted by atomic mass is 19.4. The van der Waals surface area contributed by atoms with Gasteiger partial charge in [0.25, 0.3) is 5.56 Å². The Kier molecular flexibility index (Phi) is 4.01. The minimum atomic E-state index is -4.71. The smallest absolute Gasteiger partial charge is 0.383 e. The molecule has 124 valence electrons. The van der Waals surface area contributed by atoms with E-state index in [2.05, 4.69) is 10.5 Å². The molecule has 8 heteroatoms. The van der Waals surface area contributed by atoms with E-state index in [1.54, 1.807) is 0 Å². The summed E-state index contributed by atoms with van der Waals surface area (Å²) < 4.78 is 56.6. The lowest BCUT2D eigenvalue weighted by atomic mass is 9.87. The highest BCUT2D eigenvalue weighted by Crippen LogP contribution is 2.36. The summed E-state index contributed by atoms with van der Waals surface area (Å²) in [4.78, 5) is 11.1. The summed E-state index contributed by atoms with van der Waals surface area (Å²) in [5.74, 6) is -0.827. The fraction of sp³-hybridized carbons (Fsp3) is 0.400. The number of H-pyrrole nitrogens is 1. The Morgan fingerprint density at radius 1 is 1.22 bits per heavy atom. The molecule has 2 aromatic rings. The van der Waals surface area contributed by atoms with Crippen molar-refractivity contribution < 1.29 is 22.1 Å². The molecule has 0 radical (unpaired) electrons. The van der Waals surface area contributed by atoms with Gasteiger partial charge in [0.15, 0.2) is 0 Å². The molecular formula is C15H14F4N2O2. The van der Waals surface area contributed by atoms with Crippen molar-refractivity contribution in [3.63, 3.8) is 0 Å². The predicted octanol–water partition coefficient (Wildman–Crippen LogP) is 3.33. The summed E-state index contributed by atoms with van der Waals surface area (Å²) in [5, 5.41) is 5.37. The van der Waals surface area contributed by atoms with E-state index in [9.17, 15) is 22.4 Å². The molecule has 1 fully saturated rings. The molecule has 2 unspecified atom stereocenters. The quantitative estimate of drug-likeness (QED) is 0.831. The molecular weight excluding hydrogens is 316 g/mol. The maximum absolute atomic E-state index is 13.7. The minimum Gasteiger partial charge on any atom is -0.383 e. The summed E-state index contributed by atoms with van der Waals surface area (Å²) in [6, 6.07) is 4.01. The van der Waals surface area contributed by atoms with Gasteiger partial charge in [0, 0.05) is 18.0 Å². The fourth-order valence-electron chi connectivity index (χ4n) is 2.91. The first kappa shape index (κ1) is 15.8. The van der Waals surface area contributed by atoms with Gasteiger partial charge in [-0.15, -0.1) is 0 Å². The van der Waals surface area contributed by atoms with Crippen molar-refractivity contribution in [2.75, 3.05) is 6.54 Å². The number of nitrogens with one attached hydrogen (secondary N) is 2.